The number of benzene rings is 1. The van der Waals surface area contributed by atoms with E-state index in [0.717, 1.165) is 30.8 Å². The highest BCUT2D eigenvalue weighted by atomic mass is 35.5. The summed E-state index contributed by atoms with van der Waals surface area (Å²) in [4.78, 5) is 2.18. The summed E-state index contributed by atoms with van der Waals surface area (Å²) in [5.41, 5.74) is 1.78. The fourth-order valence-corrected chi connectivity index (χ4v) is 2.30. The molecule has 1 N–H and O–H groups in total. The topological polar surface area (TPSA) is 41.9 Å². The van der Waals surface area contributed by atoms with Crippen LogP contribution < -0.4 is 4.90 Å². The second-order valence-corrected chi connectivity index (χ2v) is 5.12. The molecule has 0 fully saturated rings. The molecule has 0 saturated carbocycles. The third-order valence-electron chi connectivity index (χ3n) is 3.14. The Balaban J connectivity index is 2.82. The number of nitrogens with zero attached hydrogens (tertiary/aromatic N) is 1. The van der Waals surface area contributed by atoms with Gasteiger partial charge in [-0.05, 0) is 31.0 Å². The number of halogens is 1. The number of hydrogen-bond acceptors (Lipinski definition) is 4. The summed E-state index contributed by atoms with van der Waals surface area (Å²) in [5.74, 6) is 0. The Bertz CT molecular complexity index is 399. The molecule has 0 bridgehead atoms. The van der Waals surface area contributed by atoms with E-state index in [4.69, 9.17) is 21.1 Å². The molecule has 5 heteroatoms. The minimum absolute atomic E-state index is 0.512. The summed E-state index contributed by atoms with van der Waals surface area (Å²) in [5, 5.41) is 10.2. The molecule has 1 aromatic rings. The lowest BCUT2D eigenvalue weighted by molar-refractivity contribution is 0.191. The van der Waals surface area contributed by atoms with E-state index in [1.807, 2.05) is 18.2 Å². The summed E-state index contributed by atoms with van der Waals surface area (Å²) in [6, 6.07) is 5.67. The predicted molar refractivity (Wildman–Crippen MR) is 82.7 cm³/mol. The van der Waals surface area contributed by atoms with Crippen molar-refractivity contribution in [1.82, 2.24) is 0 Å². The third kappa shape index (κ3) is 5.29. The molecule has 0 aliphatic rings. The van der Waals surface area contributed by atoms with Gasteiger partial charge in [0.15, 0.2) is 0 Å². The molecule has 1 aromatic carbocycles. The molecule has 4 nitrogen and oxygen atoms in total. The zero-order valence-corrected chi connectivity index (χ0v) is 13.2. The second-order valence-electron chi connectivity index (χ2n) is 4.71. The zero-order valence-electron chi connectivity index (χ0n) is 12.4. The Labute approximate surface area is 126 Å². The number of hydrogen-bond donors (Lipinski definition) is 1. The van der Waals surface area contributed by atoms with Gasteiger partial charge in [-0.25, -0.2) is 0 Å². The van der Waals surface area contributed by atoms with Gasteiger partial charge in [0.2, 0.25) is 0 Å². The van der Waals surface area contributed by atoms with Gasteiger partial charge in [-0.1, -0.05) is 17.7 Å². The molecule has 0 aliphatic carbocycles. The van der Waals surface area contributed by atoms with Crippen LogP contribution in [-0.2, 0) is 9.47 Å². The Morgan fingerprint density at radius 3 is 2.45 bits per heavy atom. The molecule has 0 saturated heterocycles. The van der Waals surface area contributed by atoms with E-state index in [9.17, 15) is 5.11 Å². The van der Waals surface area contributed by atoms with Crippen LogP contribution in [0.25, 0.3) is 0 Å². The number of ether oxygens (including phenoxy) is 2. The molecule has 0 radical (unpaired) electrons. The molecular weight excluding hydrogens is 278 g/mol. The molecule has 0 spiro atoms. The number of methoxy groups -OCH3 is 2. The lowest BCUT2D eigenvalue weighted by Crippen LogP contribution is -2.29. The maximum absolute atomic E-state index is 9.58. The fraction of sp³-hybridized carbons (Fsp3) is 0.600. The first-order valence-corrected chi connectivity index (χ1v) is 7.18. The molecule has 20 heavy (non-hydrogen) atoms. The van der Waals surface area contributed by atoms with Crippen LogP contribution >= 0.6 is 11.6 Å². The quantitative estimate of drug-likeness (QED) is 0.712. The summed E-state index contributed by atoms with van der Waals surface area (Å²) < 4.78 is 10.2. The van der Waals surface area contributed by atoms with Crippen LogP contribution in [0.5, 0.6) is 0 Å². The summed E-state index contributed by atoms with van der Waals surface area (Å²) in [6.07, 6.45) is 0.414. The Morgan fingerprint density at radius 1 is 1.20 bits per heavy atom. The average molecular weight is 302 g/mol. The van der Waals surface area contributed by atoms with Gasteiger partial charge in [0, 0.05) is 33.9 Å². The normalized spacial score (nSPS) is 12.4. The van der Waals surface area contributed by atoms with Crippen molar-refractivity contribution in [3.05, 3.63) is 28.8 Å². The molecule has 0 heterocycles. The van der Waals surface area contributed by atoms with Crippen LogP contribution in [0.4, 0.5) is 5.69 Å². The molecule has 0 amide bonds. The standard InChI is InChI=1S/C15H24ClNO3/c1-12(18)13-5-6-15(14(16)11-13)17(8-10-20-3)7-4-9-19-2/h5-6,11-12,18H,4,7-10H2,1-3H3. The molecular formula is C15H24ClNO3. The van der Waals surface area contributed by atoms with Gasteiger partial charge in [-0.3, -0.25) is 0 Å². The van der Waals surface area contributed by atoms with Crippen LogP contribution in [0.2, 0.25) is 5.02 Å². The van der Waals surface area contributed by atoms with Crippen molar-refractivity contribution in [2.75, 3.05) is 45.4 Å². The maximum Gasteiger partial charge on any atom is 0.0762 e. The lowest BCUT2D eigenvalue weighted by atomic mass is 10.1. The van der Waals surface area contributed by atoms with Crippen LogP contribution in [0.3, 0.4) is 0 Å². The summed E-state index contributed by atoms with van der Waals surface area (Å²) in [6.45, 7) is 4.71. The molecule has 1 rings (SSSR count). The fourth-order valence-electron chi connectivity index (χ4n) is 1.99. The van der Waals surface area contributed by atoms with Gasteiger partial charge in [-0.2, -0.15) is 0 Å². The third-order valence-corrected chi connectivity index (χ3v) is 3.44. The maximum atomic E-state index is 9.58. The number of rotatable bonds is 9. The van der Waals surface area contributed by atoms with E-state index >= 15 is 0 Å². The van der Waals surface area contributed by atoms with Crippen molar-refractivity contribution in [2.24, 2.45) is 0 Å². The smallest absolute Gasteiger partial charge is 0.0762 e. The largest absolute Gasteiger partial charge is 0.389 e. The van der Waals surface area contributed by atoms with Crippen molar-refractivity contribution in [3.8, 4) is 0 Å². The zero-order chi connectivity index (χ0) is 15.0. The monoisotopic (exact) mass is 301 g/mol. The molecule has 0 aliphatic heterocycles. The lowest BCUT2D eigenvalue weighted by Gasteiger charge is -2.26. The average Bonchev–Trinajstić information content (AvgIpc) is 2.43. The Morgan fingerprint density at radius 2 is 1.90 bits per heavy atom. The number of aliphatic hydroxyl groups excluding tert-OH is 1. The van der Waals surface area contributed by atoms with E-state index < -0.39 is 6.10 Å². The molecule has 114 valence electrons. The second kappa shape index (κ2) is 9.19. The van der Waals surface area contributed by atoms with Crippen molar-refractivity contribution < 1.29 is 14.6 Å². The van der Waals surface area contributed by atoms with E-state index in [2.05, 4.69) is 4.90 Å². The highest BCUT2D eigenvalue weighted by Gasteiger charge is 2.12. The van der Waals surface area contributed by atoms with E-state index in [1.165, 1.54) is 0 Å². The van der Waals surface area contributed by atoms with Crippen LogP contribution in [0.1, 0.15) is 25.0 Å². The van der Waals surface area contributed by atoms with Gasteiger partial charge >= 0.3 is 0 Å². The summed E-state index contributed by atoms with van der Waals surface area (Å²) >= 11 is 6.34. The van der Waals surface area contributed by atoms with E-state index in [-0.39, 0.29) is 0 Å². The van der Waals surface area contributed by atoms with Gasteiger partial charge in [0.1, 0.15) is 0 Å². The van der Waals surface area contributed by atoms with E-state index in [1.54, 1.807) is 21.1 Å². The highest BCUT2D eigenvalue weighted by Crippen LogP contribution is 2.29. The van der Waals surface area contributed by atoms with E-state index in [0.29, 0.717) is 18.2 Å². The number of anilines is 1. The first-order chi connectivity index (χ1) is 9.60. The van der Waals surface area contributed by atoms with Gasteiger partial charge < -0.3 is 19.5 Å². The van der Waals surface area contributed by atoms with Crippen LogP contribution in [0, 0.1) is 0 Å². The van der Waals surface area contributed by atoms with Crippen molar-refractivity contribution in [2.45, 2.75) is 19.4 Å². The Hall–Kier alpha value is -0.810. The van der Waals surface area contributed by atoms with Crippen molar-refractivity contribution in [3.63, 3.8) is 0 Å². The first kappa shape index (κ1) is 17.2. The Kier molecular flexibility index (Phi) is 7.92. The van der Waals surface area contributed by atoms with Crippen molar-refractivity contribution >= 4 is 17.3 Å². The van der Waals surface area contributed by atoms with Gasteiger partial charge in [-0.15, -0.1) is 0 Å². The molecule has 0 aromatic heterocycles. The van der Waals surface area contributed by atoms with Crippen LogP contribution in [0.15, 0.2) is 18.2 Å². The summed E-state index contributed by atoms with van der Waals surface area (Å²) in [7, 11) is 3.38. The van der Waals surface area contributed by atoms with Gasteiger partial charge in [0.05, 0.1) is 23.4 Å². The first-order valence-electron chi connectivity index (χ1n) is 6.80. The molecule has 1 atom stereocenters. The van der Waals surface area contributed by atoms with Gasteiger partial charge in [0.25, 0.3) is 0 Å². The number of aliphatic hydroxyl groups is 1. The SMILES string of the molecule is COCCCN(CCOC)c1ccc(C(C)O)cc1Cl. The predicted octanol–water partition coefficient (Wildman–Crippen LogP) is 2.88. The highest BCUT2D eigenvalue weighted by molar-refractivity contribution is 6.33. The van der Waals surface area contributed by atoms with Crippen LogP contribution in [-0.4, -0.2) is 45.6 Å². The minimum Gasteiger partial charge on any atom is -0.389 e. The molecule has 1 unspecified atom stereocenters. The van der Waals surface area contributed by atoms with Crippen molar-refractivity contribution in [1.29, 1.82) is 0 Å². The minimum atomic E-state index is -0.512.